The molecule has 17 heavy (non-hydrogen) atoms. The molecule has 0 fully saturated rings. The van der Waals surface area contributed by atoms with Gasteiger partial charge in [-0.1, -0.05) is 20.8 Å². The molecule has 0 aliphatic rings. The number of thiophene rings is 1. The topological polar surface area (TPSA) is 38.0 Å². The second-order valence-corrected chi connectivity index (χ2v) is 6.55. The maximum absolute atomic E-state index is 5.56. The van der Waals surface area contributed by atoms with Crippen molar-refractivity contribution in [2.24, 2.45) is 11.7 Å². The highest BCUT2D eigenvalue weighted by atomic mass is 32.1. The van der Waals surface area contributed by atoms with Crippen LogP contribution in [-0.4, -0.2) is 19.6 Å². The highest BCUT2D eigenvalue weighted by molar-refractivity contribution is 7.10. The van der Waals surface area contributed by atoms with Gasteiger partial charge in [0.1, 0.15) is 0 Å². The molecule has 98 valence electrons. The fourth-order valence-corrected chi connectivity index (χ4v) is 3.22. The van der Waals surface area contributed by atoms with E-state index in [-0.39, 0.29) is 5.41 Å². The molecule has 0 aliphatic heterocycles. The molecule has 2 nitrogen and oxygen atoms in total. The van der Waals surface area contributed by atoms with Crippen LogP contribution in [0.2, 0.25) is 0 Å². The van der Waals surface area contributed by atoms with Crippen LogP contribution >= 0.6 is 11.3 Å². The van der Waals surface area contributed by atoms with E-state index in [0.717, 1.165) is 26.1 Å². The molecule has 1 aromatic heterocycles. The number of nitrogens with one attached hydrogen (secondary N) is 1. The first-order valence-corrected chi connectivity index (χ1v) is 7.30. The maximum atomic E-state index is 5.56. The van der Waals surface area contributed by atoms with Crippen molar-refractivity contribution in [3.05, 3.63) is 21.9 Å². The van der Waals surface area contributed by atoms with Gasteiger partial charge < -0.3 is 11.1 Å². The number of hydrogen-bond donors (Lipinski definition) is 2. The zero-order valence-corrected chi connectivity index (χ0v) is 12.4. The molecular weight excluding hydrogens is 228 g/mol. The van der Waals surface area contributed by atoms with Gasteiger partial charge in [0, 0.05) is 16.8 Å². The van der Waals surface area contributed by atoms with Crippen molar-refractivity contribution in [1.82, 2.24) is 5.32 Å². The summed E-state index contributed by atoms with van der Waals surface area (Å²) >= 11 is 1.87. The zero-order valence-electron chi connectivity index (χ0n) is 11.5. The molecule has 0 amide bonds. The molecular formula is C14H26N2S. The van der Waals surface area contributed by atoms with Crippen LogP contribution in [-0.2, 0) is 5.41 Å². The summed E-state index contributed by atoms with van der Waals surface area (Å²) in [6.07, 6.45) is 1.10. The quantitative estimate of drug-likeness (QED) is 0.785. The molecule has 1 unspecified atom stereocenters. The van der Waals surface area contributed by atoms with Crippen LogP contribution in [0.4, 0.5) is 0 Å². The summed E-state index contributed by atoms with van der Waals surface area (Å²) in [4.78, 5) is 1.50. The van der Waals surface area contributed by atoms with E-state index in [1.165, 1.54) is 10.4 Å². The van der Waals surface area contributed by atoms with Crippen LogP contribution in [0.15, 0.2) is 11.4 Å². The Bertz CT molecular complexity index is 331. The number of nitrogens with two attached hydrogens (primary N) is 1. The smallest absolute Gasteiger partial charge is 0.0143 e. The summed E-state index contributed by atoms with van der Waals surface area (Å²) in [7, 11) is 0. The summed E-state index contributed by atoms with van der Waals surface area (Å²) in [5.74, 6) is 0.667. The lowest BCUT2D eigenvalue weighted by atomic mass is 9.89. The summed E-state index contributed by atoms with van der Waals surface area (Å²) in [6, 6.07) is 2.21. The van der Waals surface area contributed by atoms with Crippen molar-refractivity contribution in [2.45, 2.75) is 39.5 Å². The standard InChI is InChI=1S/C14H26N2S/c1-11(5-7-15)9-16-10-14(3,4)13-12(2)6-8-17-13/h6,8,11,16H,5,7,9-10,15H2,1-4H3. The molecule has 1 aromatic rings. The van der Waals surface area contributed by atoms with E-state index in [9.17, 15) is 0 Å². The predicted octanol–water partition coefficient (Wildman–Crippen LogP) is 2.91. The molecule has 1 heterocycles. The Morgan fingerprint density at radius 1 is 1.47 bits per heavy atom. The number of rotatable bonds is 7. The average molecular weight is 254 g/mol. The Kier molecular flexibility index (Phi) is 5.63. The lowest BCUT2D eigenvalue weighted by molar-refractivity contribution is 0.425. The molecule has 1 atom stereocenters. The van der Waals surface area contributed by atoms with Crippen LogP contribution in [0.25, 0.3) is 0 Å². The fraction of sp³-hybridized carbons (Fsp3) is 0.714. The van der Waals surface area contributed by atoms with E-state index in [2.05, 4.69) is 44.5 Å². The van der Waals surface area contributed by atoms with Crippen molar-refractivity contribution in [3.63, 3.8) is 0 Å². The summed E-state index contributed by atoms with van der Waals surface area (Å²) in [5.41, 5.74) is 7.19. The lowest BCUT2D eigenvalue weighted by Crippen LogP contribution is -2.35. The van der Waals surface area contributed by atoms with Crippen LogP contribution in [0.5, 0.6) is 0 Å². The monoisotopic (exact) mass is 254 g/mol. The van der Waals surface area contributed by atoms with Gasteiger partial charge in [0.05, 0.1) is 0 Å². The Morgan fingerprint density at radius 2 is 2.18 bits per heavy atom. The lowest BCUT2D eigenvalue weighted by Gasteiger charge is -2.26. The molecule has 0 spiro atoms. The Balaban J connectivity index is 2.43. The number of hydrogen-bond acceptors (Lipinski definition) is 3. The van der Waals surface area contributed by atoms with Crippen molar-refractivity contribution in [2.75, 3.05) is 19.6 Å². The highest BCUT2D eigenvalue weighted by Gasteiger charge is 2.23. The van der Waals surface area contributed by atoms with Crippen LogP contribution in [0, 0.1) is 12.8 Å². The minimum Gasteiger partial charge on any atom is -0.330 e. The van der Waals surface area contributed by atoms with Crippen molar-refractivity contribution < 1.29 is 0 Å². The van der Waals surface area contributed by atoms with Gasteiger partial charge in [0.25, 0.3) is 0 Å². The second-order valence-electron chi connectivity index (χ2n) is 5.63. The van der Waals surface area contributed by atoms with Crippen molar-refractivity contribution >= 4 is 11.3 Å². The van der Waals surface area contributed by atoms with Crippen LogP contribution < -0.4 is 11.1 Å². The molecule has 1 rings (SSSR count). The first-order chi connectivity index (χ1) is 7.97. The third kappa shape index (κ3) is 4.41. The maximum Gasteiger partial charge on any atom is 0.0143 e. The van der Waals surface area contributed by atoms with Gasteiger partial charge in [-0.25, -0.2) is 0 Å². The average Bonchev–Trinajstić information content (AvgIpc) is 2.65. The van der Waals surface area contributed by atoms with E-state index in [1.54, 1.807) is 0 Å². The molecule has 0 radical (unpaired) electrons. The molecule has 3 heteroatoms. The van der Waals surface area contributed by atoms with Gasteiger partial charge >= 0.3 is 0 Å². The SMILES string of the molecule is Cc1ccsc1C(C)(C)CNCC(C)CCN. The highest BCUT2D eigenvalue weighted by Crippen LogP contribution is 2.30. The van der Waals surface area contributed by atoms with E-state index in [4.69, 9.17) is 5.73 Å². The van der Waals surface area contributed by atoms with E-state index >= 15 is 0 Å². The van der Waals surface area contributed by atoms with Crippen LogP contribution in [0.1, 0.15) is 37.6 Å². The van der Waals surface area contributed by atoms with Crippen molar-refractivity contribution in [3.8, 4) is 0 Å². The largest absolute Gasteiger partial charge is 0.330 e. The zero-order chi connectivity index (χ0) is 12.9. The van der Waals surface area contributed by atoms with Crippen molar-refractivity contribution in [1.29, 1.82) is 0 Å². The summed E-state index contributed by atoms with van der Waals surface area (Å²) in [6.45, 7) is 12.0. The van der Waals surface area contributed by atoms with Gasteiger partial charge in [-0.05, 0) is 49.4 Å². The van der Waals surface area contributed by atoms with E-state index in [1.807, 2.05) is 11.3 Å². The fourth-order valence-electron chi connectivity index (χ4n) is 2.16. The van der Waals surface area contributed by atoms with Gasteiger partial charge in [0.15, 0.2) is 0 Å². The second kappa shape index (κ2) is 6.53. The Labute approximate surface area is 110 Å². The molecule has 0 bridgehead atoms. The minimum atomic E-state index is 0.223. The molecule has 0 saturated carbocycles. The minimum absolute atomic E-state index is 0.223. The van der Waals surface area contributed by atoms with Gasteiger partial charge in [-0.15, -0.1) is 11.3 Å². The molecule has 0 aliphatic carbocycles. The first-order valence-electron chi connectivity index (χ1n) is 6.42. The van der Waals surface area contributed by atoms with E-state index in [0.29, 0.717) is 5.92 Å². The number of aryl methyl sites for hydroxylation is 1. The first kappa shape index (κ1) is 14.7. The van der Waals surface area contributed by atoms with E-state index < -0.39 is 0 Å². The normalized spacial score (nSPS) is 13.9. The molecule has 0 aromatic carbocycles. The predicted molar refractivity (Wildman–Crippen MR) is 77.8 cm³/mol. The third-order valence-corrected chi connectivity index (χ3v) is 4.58. The Morgan fingerprint density at radius 3 is 2.71 bits per heavy atom. The Hall–Kier alpha value is -0.380. The van der Waals surface area contributed by atoms with Gasteiger partial charge in [-0.3, -0.25) is 0 Å². The third-order valence-electron chi connectivity index (χ3n) is 3.20. The van der Waals surface area contributed by atoms with Crippen LogP contribution in [0.3, 0.4) is 0 Å². The molecule has 0 saturated heterocycles. The molecule has 3 N–H and O–H groups in total. The summed E-state index contributed by atoms with van der Waals surface area (Å²) < 4.78 is 0. The van der Waals surface area contributed by atoms with Gasteiger partial charge in [0.2, 0.25) is 0 Å². The summed E-state index contributed by atoms with van der Waals surface area (Å²) in [5, 5.41) is 5.76. The van der Waals surface area contributed by atoms with Gasteiger partial charge in [-0.2, -0.15) is 0 Å².